The van der Waals surface area contributed by atoms with E-state index in [2.05, 4.69) is 4.72 Å². The van der Waals surface area contributed by atoms with Crippen molar-refractivity contribution >= 4 is 10.0 Å². The number of nitrogens with one attached hydrogen (secondary N) is 1. The number of benzene rings is 1. The van der Waals surface area contributed by atoms with Gasteiger partial charge in [0.2, 0.25) is 10.0 Å². The Kier molecular flexibility index (Phi) is 4.59. The largest absolute Gasteiger partial charge is 0.396 e. The molecule has 0 atom stereocenters. The van der Waals surface area contributed by atoms with Crippen molar-refractivity contribution in [2.45, 2.75) is 30.7 Å². The summed E-state index contributed by atoms with van der Waals surface area (Å²) in [4.78, 5) is -1.24. The van der Waals surface area contributed by atoms with E-state index in [9.17, 15) is 21.6 Å². The number of hydrogen-bond acceptors (Lipinski definition) is 3. The lowest BCUT2D eigenvalue weighted by Gasteiger charge is -2.25. The van der Waals surface area contributed by atoms with E-state index in [1.165, 1.54) is 13.8 Å². The molecule has 0 fully saturated rings. The molecule has 19 heavy (non-hydrogen) atoms. The molecular formula is C11H14F3NO3S. The molecule has 0 aliphatic heterocycles. The molecule has 0 heterocycles. The molecule has 0 bridgehead atoms. The maximum absolute atomic E-state index is 13.4. The minimum absolute atomic E-state index is 0.0522. The fraction of sp³-hybridized carbons (Fsp3) is 0.455. The highest BCUT2D eigenvalue weighted by atomic mass is 32.2. The third-order valence-electron chi connectivity index (χ3n) is 2.38. The highest BCUT2D eigenvalue weighted by molar-refractivity contribution is 7.89. The molecule has 0 amide bonds. The molecule has 108 valence electrons. The summed E-state index contributed by atoms with van der Waals surface area (Å²) in [5.74, 6) is -4.22. The lowest BCUT2D eigenvalue weighted by Crippen LogP contribution is -2.44. The molecule has 0 aromatic heterocycles. The van der Waals surface area contributed by atoms with Crippen LogP contribution >= 0.6 is 0 Å². The van der Waals surface area contributed by atoms with Crippen LogP contribution in [0, 0.1) is 17.5 Å². The number of hydrogen-bond donors (Lipinski definition) is 2. The summed E-state index contributed by atoms with van der Waals surface area (Å²) in [6.45, 7) is 2.59. The van der Waals surface area contributed by atoms with Crippen LogP contribution in [0.1, 0.15) is 20.3 Å². The van der Waals surface area contributed by atoms with Crippen molar-refractivity contribution in [3.63, 3.8) is 0 Å². The van der Waals surface area contributed by atoms with E-state index in [0.29, 0.717) is 0 Å². The van der Waals surface area contributed by atoms with Crippen LogP contribution in [0.15, 0.2) is 17.0 Å². The average Bonchev–Trinajstić information content (AvgIpc) is 2.11. The molecule has 0 saturated carbocycles. The predicted molar refractivity (Wildman–Crippen MR) is 62.4 cm³/mol. The quantitative estimate of drug-likeness (QED) is 0.866. The minimum Gasteiger partial charge on any atom is -0.396 e. The van der Waals surface area contributed by atoms with Gasteiger partial charge in [-0.25, -0.2) is 26.3 Å². The monoisotopic (exact) mass is 297 g/mol. The van der Waals surface area contributed by atoms with Crippen LogP contribution < -0.4 is 4.72 Å². The predicted octanol–water partition coefficient (Wildman–Crippen LogP) is 1.54. The van der Waals surface area contributed by atoms with Gasteiger partial charge in [0.15, 0.2) is 4.90 Å². The third kappa shape index (κ3) is 3.92. The fourth-order valence-electron chi connectivity index (χ4n) is 1.53. The number of aliphatic hydroxyl groups is 1. The minimum atomic E-state index is -4.50. The van der Waals surface area contributed by atoms with Crippen LogP contribution in [0.25, 0.3) is 0 Å². The summed E-state index contributed by atoms with van der Waals surface area (Å²) < 4.78 is 65.4. The van der Waals surface area contributed by atoms with Gasteiger partial charge < -0.3 is 5.11 Å². The Morgan fingerprint density at radius 2 is 1.68 bits per heavy atom. The van der Waals surface area contributed by atoms with E-state index in [1.807, 2.05) is 0 Å². The average molecular weight is 297 g/mol. The van der Waals surface area contributed by atoms with E-state index in [-0.39, 0.29) is 25.2 Å². The van der Waals surface area contributed by atoms with Gasteiger partial charge in [-0.05, 0) is 20.3 Å². The van der Waals surface area contributed by atoms with Crippen LogP contribution in [-0.4, -0.2) is 25.7 Å². The molecule has 0 unspecified atom stereocenters. The first-order valence-corrected chi connectivity index (χ1v) is 6.87. The highest BCUT2D eigenvalue weighted by Gasteiger charge is 2.31. The second kappa shape index (κ2) is 5.48. The maximum atomic E-state index is 13.4. The van der Waals surface area contributed by atoms with Gasteiger partial charge in [-0.2, -0.15) is 0 Å². The second-order valence-corrected chi connectivity index (χ2v) is 6.28. The van der Waals surface area contributed by atoms with Crippen molar-refractivity contribution < 1.29 is 26.7 Å². The van der Waals surface area contributed by atoms with Gasteiger partial charge >= 0.3 is 0 Å². The molecule has 1 aromatic carbocycles. The Balaban J connectivity index is 3.22. The van der Waals surface area contributed by atoms with Crippen LogP contribution in [0.4, 0.5) is 13.2 Å². The Hall–Kier alpha value is -1.12. The first kappa shape index (κ1) is 15.9. The zero-order valence-corrected chi connectivity index (χ0v) is 11.2. The van der Waals surface area contributed by atoms with Gasteiger partial charge in [-0.15, -0.1) is 0 Å². The summed E-state index contributed by atoms with van der Waals surface area (Å²) in [6.07, 6.45) is 0.0522. The van der Waals surface area contributed by atoms with Gasteiger partial charge in [0, 0.05) is 24.3 Å². The van der Waals surface area contributed by atoms with Gasteiger partial charge in [0.25, 0.3) is 0 Å². The SMILES string of the molecule is CC(C)(CCO)NS(=O)(=O)c1c(F)cc(F)cc1F. The molecule has 8 heteroatoms. The van der Waals surface area contributed by atoms with E-state index in [1.54, 1.807) is 0 Å². The molecule has 0 aliphatic rings. The topological polar surface area (TPSA) is 66.4 Å². The lowest BCUT2D eigenvalue weighted by molar-refractivity contribution is 0.245. The van der Waals surface area contributed by atoms with Crippen LogP contribution in [0.3, 0.4) is 0 Å². The second-order valence-electron chi connectivity index (χ2n) is 4.66. The van der Waals surface area contributed by atoms with Crippen molar-refractivity contribution in [2.24, 2.45) is 0 Å². The van der Waals surface area contributed by atoms with Gasteiger partial charge in [-0.1, -0.05) is 0 Å². The smallest absolute Gasteiger partial charge is 0.246 e. The Morgan fingerprint density at radius 3 is 2.11 bits per heavy atom. The Labute approximate surface area is 109 Å². The maximum Gasteiger partial charge on any atom is 0.246 e. The lowest BCUT2D eigenvalue weighted by atomic mass is 10.0. The summed E-state index contributed by atoms with van der Waals surface area (Å²) in [5, 5.41) is 8.78. The third-order valence-corrected chi connectivity index (χ3v) is 4.13. The van der Waals surface area contributed by atoms with E-state index in [0.717, 1.165) is 0 Å². The zero-order valence-electron chi connectivity index (χ0n) is 10.4. The highest BCUT2D eigenvalue weighted by Crippen LogP contribution is 2.22. The van der Waals surface area contributed by atoms with Crippen LogP contribution in [0.5, 0.6) is 0 Å². The normalized spacial score (nSPS) is 12.7. The first-order valence-electron chi connectivity index (χ1n) is 5.38. The van der Waals surface area contributed by atoms with Crippen molar-refractivity contribution in [3.8, 4) is 0 Å². The van der Waals surface area contributed by atoms with Crippen molar-refractivity contribution in [3.05, 3.63) is 29.6 Å². The van der Waals surface area contributed by atoms with Gasteiger partial charge in [-0.3, -0.25) is 0 Å². The van der Waals surface area contributed by atoms with E-state index >= 15 is 0 Å². The van der Waals surface area contributed by atoms with Gasteiger partial charge in [0.05, 0.1) is 0 Å². The number of sulfonamides is 1. The molecule has 0 aliphatic carbocycles. The molecule has 1 aromatic rings. The standard InChI is InChI=1S/C11H14F3NO3S/c1-11(2,3-4-16)15-19(17,18)10-8(13)5-7(12)6-9(10)14/h5-6,15-16H,3-4H2,1-2H3. The molecule has 2 N–H and O–H groups in total. The van der Waals surface area contributed by atoms with Crippen LogP contribution in [-0.2, 0) is 10.0 Å². The number of halogens is 3. The van der Waals surface area contributed by atoms with Crippen molar-refractivity contribution in [2.75, 3.05) is 6.61 Å². The number of aliphatic hydroxyl groups excluding tert-OH is 1. The zero-order chi connectivity index (χ0) is 14.8. The molecule has 0 radical (unpaired) electrons. The molecule has 0 spiro atoms. The summed E-state index contributed by atoms with van der Waals surface area (Å²) >= 11 is 0. The molecule has 4 nitrogen and oxygen atoms in total. The molecular weight excluding hydrogens is 283 g/mol. The van der Waals surface area contributed by atoms with Crippen molar-refractivity contribution in [1.29, 1.82) is 0 Å². The van der Waals surface area contributed by atoms with E-state index < -0.39 is 37.9 Å². The van der Waals surface area contributed by atoms with Crippen LogP contribution in [0.2, 0.25) is 0 Å². The first-order chi connectivity index (χ1) is 8.59. The van der Waals surface area contributed by atoms with Crippen molar-refractivity contribution in [1.82, 2.24) is 4.72 Å². The summed E-state index contributed by atoms with van der Waals surface area (Å²) in [6, 6.07) is 0.577. The summed E-state index contributed by atoms with van der Waals surface area (Å²) in [5.41, 5.74) is -1.10. The number of rotatable bonds is 5. The Bertz CT molecular complexity index is 550. The molecule has 0 saturated heterocycles. The van der Waals surface area contributed by atoms with Gasteiger partial charge in [0.1, 0.15) is 17.5 Å². The summed E-state index contributed by atoms with van der Waals surface area (Å²) in [7, 11) is -4.50. The Morgan fingerprint density at radius 1 is 1.21 bits per heavy atom. The fourth-order valence-corrected chi connectivity index (χ4v) is 3.09. The molecule has 1 rings (SSSR count). The van der Waals surface area contributed by atoms with E-state index in [4.69, 9.17) is 5.11 Å².